The molecule has 0 radical (unpaired) electrons. The van der Waals surface area contributed by atoms with Gasteiger partial charge in [0.15, 0.2) is 0 Å². The predicted octanol–water partition coefficient (Wildman–Crippen LogP) is 3.12. The molecule has 4 nitrogen and oxygen atoms in total. The van der Waals surface area contributed by atoms with Crippen LogP contribution in [-0.4, -0.2) is 32.8 Å². The Balaban J connectivity index is 1.61. The minimum Gasteiger partial charge on any atom is -0.493 e. The Morgan fingerprint density at radius 3 is 2.74 bits per heavy atom. The van der Waals surface area contributed by atoms with Crippen molar-refractivity contribution in [1.82, 2.24) is 5.32 Å². The SMILES string of the molecule is COC(=O)CC(c1cccc(OCC2CCNCC2)c1)C1CC1. The Morgan fingerprint density at radius 2 is 2.04 bits per heavy atom. The summed E-state index contributed by atoms with van der Waals surface area (Å²) in [6.07, 6.45) is 5.27. The van der Waals surface area contributed by atoms with Crippen molar-refractivity contribution in [1.29, 1.82) is 0 Å². The van der Waals surface area contributed by atoms with E-state index >= 15 is 0 Å². The normalized spacial score (nSPS) is 20.0. The third kappa shape index (κ3) is 4.71. The Bertz CT molecular complexity index is 521. The zero-order valence-corrected chi connectivity index (χ0v) is 13.9. The van der Waals surface area contributed by atoms with E-state index in [1.165, 1.54) is 38.4 Å². The number of ether oxygens (including phenoxy) is 2. The molecule has 23 heavy (non-hydrogen) atoms. The van der Waals surface area contributed by atoms with Crippen LogP contribution in [0.25, 0.3) is 0 Å². The quantitative estimate of drug-likeness (QED) is 0.785. The molecular formula is C19H27NO3. The van der Waals surface area contributed by atoms with E-state index in [1.54, 1.807) is 0 Å². The Hall–Kier alpha value is -1.55. The van der Waals surface area contributed by atoms with Gasteiger partial charge in [0.2, 0.25) is 0 Å². The molecule has 1 saturated carbocycles. The molecule has 1 aromatic carbocycles. The van der Waals surface area contributed by atoms with Crippen molar-refractivity contribution in [2.75, 3.05) is 26.8 Å². The second-order valence-corrected chi connectivity index (χ2v) is 6.80. The molecule has 0 aromatic heterocycles. The molecule has 2 aliphatic rings. The van der Waals surface area contributed by atoms with Gasteiger partial charge in [0.25, 0.3) is 0 Å². The van der Waals surface area contributed by atoms with Crippen LogP contribution in [0.2, 0.25) is 0 Å². The van der Waals surface area contributed by atoms with Crippen LogP contribution in [0.3, 0.4) is 0 Å². The Labute approximate surface area is 138 Å². The fourth-order valence-electron chi connectivity index (χ4n) is 3.42. The maximum atomic E-state index is 11.7. The highest BCUT2D eigenvalue weighted by Crippen LogP contribution is 2.45. The summed E-state index contributed by atoms with van der Waals surface area (Å²) < 4.78 is 10.9. The van der Waals surface area contributed by atoms with Crippen LogP contribution in [0.5, 0.6) is 5.75 Å². The van der Waals surface area contributed by atoms with Crippen molar-refractivity contribution in [3.05, 3.63) is 29.8 Å². The number of methoxy groups -OCH3 is 1. The van der Waals surface area contributed by atoms with E-state index in [0.29, 0.717) is 18.3 Å². The lowest BCUT2D eigenvalue weighted by Crippen LogP contribution is -2.30. The van der Waals surface area contributed by atoms with E-state index in [4.69, 9.17) is 9.47 Å². The lowest BCUT2D eigenvalue weighted by molar-refractivity contribution is -0.141. The fraction of sp³-hybridized carbons (Fsp3) is 0.632. The van der Waals surface area contributed by atoms with E-state index in [9.17, 15) is 4.79 Å². The van der Waals surface area contributed by atoms with Crippen molar-refractivity contribution in [3.63, 3.8) is 0 Å². The van der Waals surface area contributed by atoms with Gasteiger partial charge in [-0.05, 0) is 74.2 Å². The summed E-state index contributed by atoms with van der Waals surface area (Å²) in [7, 11) is 1.46. The highest BCUT2D eigenvalue weighted by molar-refractivity contribution is 5.70. The lowest BCUT2D eigenvalue weighted by atomic mass is 9.91. The standard InChI is InChI=1S/C19H27NO3/c1-22-19(21)12-18(15-5-6-15)16-3-2-4-17(11-16)23-13-14-7-9-20-10-8-14/h2-4,11,14-15,18,20H,5-10,12-13H2,1H3. The average Bonchev–Trinajstić information content (AvgIpc) is 3.43. The summed E-state index contributed by atoms with van der Waals surface area (Å²) in [6.45, 7) is 2.98. The first-order chi connectivity index (χ1) is 11.3. The van der Waals surface area contributed by atoms with Crippen LogP contribution in [0.1, 0.15) is 43.6 Å². The van der Waals surface area contributed by atoms with Gasteiger partial charge in [0, 0.05) is 0 Å². The van der Waals surface area contributed by atoms with Gasteiger partial charge in [-0.25, -0.2) is 0 Å². The van der Waals surface area contributed by atoms with Crippen molar-refractivity contribution in [2.45, 2.75) is 38.0 Å². The lowest BCUT2D eigenvalue weighted by Gasteiger charge is -2.23. The van der Waals surface area contributed by atoms with Crippen LogP contribution in [-0.2, 0) is 9.53 Å². The molecule has 0 spiro atoms. The second kappa shape index (κ2) is 7.82. The average molecular weight is 317 g/mol. The van der Waals surface area contributed by atoms with Crippen molar-refractivity contribution in [2.24, 2.45) is 11.8 Å². The fourth-order valence-corrected chi connectivity index (χ4v) is 3.42. The Morgan fingerprint density at radius 1 is 1.26 bits per heavy atom. The molecule has 1 atom stereocenters. The maximum absolute atomic E-state index is 11.7. The zero-order chi connectivity index (χ0) is 16.1. The van der Waals surface area contributed by atoms with Gasteiger partial charge >= 0.3 is 5.97 Å². The molecule has 1 N–H and O–H groups in total. The third-order valence-electron chi connectivity index (χ3n) is 5.04. The van der Waals surface area contributed by atoms with Crippen LogP contribution in [0.15, 0.2) is 24.3 Å². The van der Waals surface area contributed by atoms with Crippen LogP contribution in [0.4, 0.5) is 0 Å². The van der Waals surface area contributed by atoms with Crippen LogP contribution < -0.4 is 10.1 Å². The minimum absolute atomic E-state index is 0.122. The van der Waals surface area contributed by atoms with Crippen LogP contribution in [0, 0.1) is 11.8 Å². The molecule has 1 heterocycles. The van der Waals surface area contributed by atoms with Gasteiger partial charge in [-0.1, -0.05) is 12.1 Å². The number of piperidine rings is 1. The minimum atomic E-state index is -0.122. The molecule has 126 valence electrons. The maximum Gasteiger partial charge on any atom is 0.306 e. The molecule has 1 saturated heterocycles. The van der Waals surface area contributed by atoms with E-state index in [1.807, 2.05) is 12.1 Å². The van der Waals surface area contributed by atoms with Gasteiger partial charge in [-0.3, -0.25) is 4.79 Å². The number of hydrogen-bond donors (Lipinski definition) is 1. The molecule has 2 fully saturated rings. The van der Waals surface area contributed by atoms with Gasteiger partial charge in [0.1, 0.15) is 5.75 Å². The summed E-state index contributed by atoms with van der Waals surface area (Å²) in [5.74, 6) is 2.34. The first-order valence-electron chi connectivity index (χ1n) is 8.76. The molecular weight excluding hydrogens is 290 g/mol. The monoisotopic (exact) mass is 317 g/mol. The number of hydrogen-bond acceptors (Lipinski definition) is 4. The first kappa shape index (κ1) is 16.3. The van der Waals surface area contributed by atoms with E-state index in [2.05, 4.69) is 17.4 Å². The summed E-state index contributed by atoms with van der Waals surface area (Å²) >= 11 is 0. The van der Waals surface area contributed by atoms with Crippen molar-refractivity contribution < 1.29 is 14.3 Å². The third-order valence-corrected chi connectivity index (χ3v) is 5.04. The van der Waals surface area contributed by atoms with E-state index < -0.39 is 0 Å². The summed E-state index contributed by atoms with van der Waals surface area (Å²) in [5.41, 5.74) is 1.21. The first-order valence-corrected chi connectivity index (χ1v) is 8.76. The van der Waals surface area contributed by atoms with Gasteiger partial charge in [-0.2, -0.15) is 0 Å². The molecule has 0 amide bonds. The Kier molecular flexibility index (Phi) is 5.55. The highest BCUT2D eigenvalue weighted by Gasteiger charge is 2.34. The second-order valence-electron chi connectivity index (χ2n) is 6.80. The summed E-state index contributed by atoms with van der Waals surface area (Å²) in [5, 5.41) is 3.38. The molecule has 0 bridgehead atoms. The number of benzene rings is 1. The van der Waals surface area contributed by atoms with E-state index in [-0.39, 0.29) is 11.9 Å². The molecule has 1 aliphatic heterocycles. The topological polar surface area (TPSA) is 47.6 Å². The molecule has 3 rings (SSSR count). The van der Waals surface area contributed by atoms with Gasteiger partial charge < -0.3 is 14.8 Å². The zero-order valence-electron chi connectivity index (χ0n) is 13.9. The van der Waals surface area contributed by atoms with Crippen molar-refractivity contribution >= 4 is 5.97 Å². The number of esters is 1. The van der Waals surface area contributed by atoms with E-state index in [0.717, 1.165) is 25.4 Å². The predicted molar refractivity (Wildman–Crippen MR) is 89.6 cm³/mol. The smallest absolute Gasteiger partial charge is 0.306 e. The number of nitrogens with one attached hydrogen (secondary N) is 1. The molecule has 1 aromatic rings. The molecule has 4 heteroatoms. The summed E-state index contributed by atoms with van der Waals surface area (Å²) in [4.78, 5) is 11.7. The number of carbonyl (C=O) groups excluding carboxylic acids is 1. The van der Waals surface area contributed by atoms with Crippen LogP contribution >= 0.6 is 0 Å². The summed E-state index contributed by atoms with van der Waals surface area (Å²) in [6, 6.07) is 8.29. The largest absolute Gasteiger partial charge is 0.493 e. The number of rotatable bonds is 7. The van der Waals surface area contributed by atoms with Crippen molar-refractivity contribution in [3.8, 4) is 5.75 Å². The number of carbonyl (C=O) groups is 1. The highest BCUT2D eigenvalue weighted by atomic mass is 16.5. The van der Waals surface area contributed by atoms with Gasteiger partial charge in [0.05, 0.1) is 20.1 Å². The molecule has 1 aliphatic carbocycles. The molecule has 1 unspecified atom stereocenters. The van der Waals surface area contributed by atoms with Gasteiger partial charge in [-0.15, -0.1) is 0 Å².